The van der Waals surface area contributed by atoms with Crippen LogP contribution in [0.2, 0.25) is 5.02 Å². The third kappa shape index (κ3) is 4.46. The van der Waals surface area contributed by atoms with E-state index in [1.54, 1.807) is 0 Å². The van der Waals surface area contributed by atoms with Crippen LogP contribution in [0.25, 0.3) is 0 Å². The number of hydrogen-bond donors (Lipinski definition) is 1. The van der Waals surface area contributed by atoms with Crippen molar-refractivity contribution in [2.75, 3.05) is 38.0 Å². The molecule has 2 fully saturated rings. The van der Waals surface area contributed by atoms with E-state index in [1.807, 2.05) is 9.80 Å². The molecule has 9 heteroatoms. The Morgan fingerprint density at radius 3 is 2.48 bits per heavy atom. The van der Waals surface area contributed by atoms with Crippen molar-refractivity contribution in [2.45, 2.75) is 12.8 Å². The summed E-state index contributed by atoms with van der Waals surface area (Å²) in [4.78, 5) is 38.2. The Morgan fingerprint density at radius 1 is 1.24 bits per heavy atom. The van der Waals surface area contributed by atoms with E-state index in [-0.39, 0.29) is 35.0 Å². The molecule has 0 unspecified atom stereocenters. The number of benzene rings is 1. The standard InChI is InChI=1S/C16H19ClN4O4/c17-13-9-12(21(24)25)3-4-14(13)18-15(22)10-19-5-7-20(8-6-19)16(23)11-1-2-11/h3-4,9,11H,1-2,5-8,10H2,(H,18,22). The lowest BCUT2D eigenvalue weighted by Gasteiger charge is -2.34. The van der Waals surface area contributed by atoms with Crippen molar-refractivity contribution in [3.8, 4) is 0 Å². The number of carbonyl (C=O) groups excluding carboxylic acids is 2. The second-order valence-electron chi connectivity index (χ2n) is 6.35. The van der Waals surface area contributed by atoms with E-state index in [2.05, 4.69) is 5.32 Å². The smallest absolute Gasteiger partial charge is 0.271 e. The van der Waals surface area contributed by atoms with Gasteiger partial charge < -0.3 is 10.2 Å². The number of nitrogens with one attached hydrogen (secondary N) is 1. The Bertz CT molecular complexity index is 699. The number of nitro benzene ring substituents is 1. The molecule has 0 aromatic heterocycles. The summed E-state index contributed by atoms with van der Waals surface area (Å²) in [6.45, 7) is 2.78. The van der Waals surface area contributed by atoms with Crippen LogP contribution in [-0.4, -0.2) is 59.3 Å². The van der Waals surface area contributed by atoms with Crippen molar-refractivity contribution in [3.05, 3.63) is 33.3 Å². The van der Waals surface area contributed by atoms with E-state index in [1.165, 1.54) is 18.2 Å². The lowest BCUT2D eigenvalue weighted by atomic mass is 10.2. The number of amides is 2. The molecule has 3 rings (SSSR count). The van der Waals surface area contributed by atoms with E-state index in [9.17, 15) is 19.7 Å². The van der Waals surface area contributed by atoms with Gasteiger partial charge in [-0.3, -0.25) is 24.6 Å². The Balaban J connectivity index is 1.48. The topological polar surface area (TPSA) is 95.8 Å². The van der Waals surface area contributed by atoms with Crippen LogP contribution in [0.4, 0.5) is 11.4 Å². The summed E-state index contributed by atoms with van der Waals surface area (Å²) in [6, 6.07) is 3.92. The first-order valence-corrected chi connectivity index (χ1v) is 8.57. The van der Waals surface area contributed by atoms with Crippen molar-refractivity contribution in [3.63, 3.8) is 0 Å². The maximum Gasteiger partial charge on any atom is 0.271 e. The van der Waals surface area contributed by atoms with Gasteiger partial charge in [0.05, 0.1) is 22.2 Å². The molecule has 1 aliphatic carbocycles. The molecule has 0 bridgehead atoms. The summed E-state index contributed by atoms with van der Waals surface area (Å²) < 4.78 is 0. The number of carbonyl (C=O) groups is 2. The molecule has 1 aromatic rings. The van der Waals surface area contributed by atoms with Gasteiger partial charge in [0.1, 0.15) is 0 Å². The van der Waals surface area contributed by atoms with E-state index < -0.39 is 4.92 Å². The Hall–Kier alpha value is -2.19. The number of anilines is 1. The zero-order valence-corrected chi connectivity index (χ0v) is 14.4. The SMILES string of the molecule is O=C(CN1CCN(C(=O)C2CC2)CC1)Nc1ccc([N+](=O)[O-])cc1Cl. The highest BCUT2D eigenvalue weighted by molar-refractivity contribution is 6.34. The van der Waals surface area contributed by atoms with Crippen molar-refractivity contribution < 1.29 is 14.5 Å². The first kappa shape index (κ1) is 17.6. The van der Waals surface area contributed by atoms with Crippen LogP contribution in [0, 0.1) is 16.0 Å². The fraction of sp³-hybridized carbons (Fsp3) is 0.500. The molecule has 1 N–H and O–H groups in total. The van der Waals surface area contributed by atoms with Crippen molar-refractivity contribution >= 4 is 34.8 Å². The molecule has 2 amide bonds. The minimum atomic E-state index is -0.542. The minimum Gasteiger partial charge on any atom is -0.340 e. The number of hydrogen-bond acceptors (Lipinski definition) is 5. The third-order valence-corrected chi connectivity index (χ3v) is 4.73. The van der Waals surface area contributed by atoms with Crippen molar-refractivity contribution in [2.24, 2.45) is 5.92 Å². The number of nitrogens with zero attached hydrogens (tertiary/aromatic N) is 3. The van der Waals surface area contributed by atoms with Crippen molar-refractivity contribution in [1.29, 1.82) is 0 Å². The van der Waals surface area contributed by atoms with Gasteiger partial charge in [0.15, 0.2) is 0 Å². The van der Waals surface area contributed by atoms with Gasteiger partial charge in [-0.25, -0.2) is 0 Å². The minimum absolute atomic E-state index is 0.126. The van der Waals surface area contributed by atoms with Crippen LogP contribution < -0.4 is 5.32 Å². The highest BCUT2D eigenvalue weighted by Gasteiger charge is 2.34. The molecule has 1 heterocycles. The van der Waals surface area contributed by atoms with E-state index in [4.69, 9.17) is 11.6 Å². The monoisotopic (exact) mass is 366 g/mol. The van der Waals surface area contributed by atoms with Crippen LogP contribution >= 0.6 is 11.6 Å². The molecule has 1 aliphatic heterocycles. The van der Waals surface area contributed by atoms with Gasteiger partial charge in [-0.2, -0.15) is 0 Å². The van der Waals surface area contributed by atoms with Gasteiger partial charge in [0, 0.05) is 44.2 Å². The maximum atomic E-state index is 12.2. The highest BCUT2D eigenvalue weighted by atomic mass is 35.5. The molecule has 1 aromatic carbocycles. The van der Waals surface area contributed by atoms with Gasteiger partial charge in [0.25, 0.3) is 5.69 Å². The van der Waals surface area contributed by atoms with E-state index in [0.29, 0.717) is 31.9 Å². The highest BCUT2D eigenvalue weighted by Crippen LogP contribution is 2.31. The quantitative estimate of drug-likeness (QED) is 0.632. The molecule has 0 atom stereocenters. The molecule has 25 heavy (non-hydrogen) atoms. The molecule has 1 saturated carbocycles. The van der Waals surface area contributed by atoms with Crippen molar-refractivity contribution in [1.82, 2.24) is 9.80 Å². The molecule has 2 aliphatic rings. The lowest BCUT2D eigenvalue weighted by molar-refractivity contribution is -0.384. The Morgan fingerprint density at radius 2 is 1.92 bits per heavy atom. The number of halogens is 1. The lowest BCUT2D eigenvalue weighted by Crippen LogP contribution is -2.50. The number of nitro groups is 1. The summed E-state index contributed by atoms with van der Waals surface area (Å²) in [5.74, 6) is 0.221. The molecular formula is C16H19ClN4O4. The van der Waals surface area contributed by atoms with Gasteiger partial charge in [0.2, 0.25) is 11.8 Å². The van der Waals surface area contributed by atoms with Crippen LogP contribution in [0.15, 0.2) is 18.2 Å². The zero-order chi connectivity index (χ0) is 18.0. The number of piperazine rings is 1. The molecule has 8 nitrogen and oxygen atoms in total. The van der Waals surface area contributed by atoms with Crippen LogP contribution in [0.3, 0.4) is 0 Å². The molecule has 134 valence electrons. The largest absolute Gasteiger partial charge is 0.340 e. The van der Waals surface area contributed by atoms with E-state index >= 15 is 0 Å². The normalized spacial score (nSPS) is 18.0. The zero-order valence-electron chi connectivity index (χ0n) is 13.6. The first-order valence-electron chi connectivity index (χ1n) is 8.19. The molecule has 0 spiro atoms. The van der Waals surface area contributed by atoms with Gasteiger partial charge >= 0.3 is 0 Å². The van der Waals surface area contributed by atoms with Gasteiger partial charge in [-0.1, -0.05) is 11.6 Å². The third-order valence-electron chi connectivity index (χ3n) is 4.42. The summed E-state index contributed by atoms with van der Waals surface area (Å²) in [6.07, 6.45) is 1.99. The molecular weight excluding hydrogens is 348 g/mol. The summed E-state index contributed by atoms with van der Waals surface area (Å²) in [7, 11) is 0. The summed E-state index contributed by atoms with van der Waals surface area (Å²) in [5, 5.41) is 13.5. The van der Waals surface area contributed by atoms with Crippen LogP contribution in [-0.2, 0) is 9.59 Å². The Kier molecular flexibility index (Phi) is 5.19. The number of rotatable bonds is 5. The maximum absolute atomic E-state index is 12.2. The van der Waals surface area contributed by atoms with Crippen LogP contribution in [0.5, 0.6) is 0 Å². The summed E-state index contributed by atoms with van der Waals surface area (Å²) >= 11 is 5.97. The molecule has 1 saturated heterocycles. The average Bonchev–Trinajstić information content (AvgIpc) is 3.41. The predicted molar refractivity (Wildman–Crippen MR) is 92.5 cm³/mol. The average molecular weight is 367 g/mol. The second kappa shape index (κ2) is 7.37. The first-order chi connectivity index (χ1) is 11.9. The Labute approximate surface area is 149 Å². The fourth-order valence-corrected chi connectivity index (χ4v) is 3.05. The summed E-state index contributed by atoms with van der Waals surface area (Å²) in [5.41, 5.74) is 0.222. The van der Waals surface area contributed by atoms with Crippen LogP contribution in [0.1, 0.15) is 12.8 Å². The van der Waals surface area contributed by atoms with Gasteiger partial charge in [-0.05, 0) is 18.9 Å². The predicted octanol–water partition coefficient (Wildman–Crippen LogP) is 1.74. The van der Waals surface area contributed by atoms with Gasteiger partial charge in [-0.15, -0.1) is 0 Å². The second-order valence-corrected chi connectivity index (χ2v) is 6.75. The molecule has 0 radical (unpaired) electrons. The number of non-ortho nitro benzene ring substituents is 1. The fourth-order valence-electron chi connectivity index (χ4n) is 2.83. The van der Waals surface area contributed by atoms with E-state index in [0.717, 1.165) is 12.8 Å².